The van der Waals surface area contributed by atoms with Gasteiger partial charge in [0.2, 0.25) is 0 Å². The summed E-state index contributed by atoms with van der Waals surface area (Å²) < 4.78 is 0. The van der Waals surface area contributed by atoms with E-state index in [0.717, 1.165) is 0 Å². The quantitative estimate of drug-likeness (QED) is 0.580. The highest BCUT2D eigenvalue weighted by atomic mass is 16.6. The minimum absolute atomic E-state index is 0.0271. The number of nitro benzene ring substituents is 1. The van der Waals surface area contributed by atoms with Crippen molar-refractivity contribution in [2.75, 3.05) is 5.32 Å². The van der Waals surface area contributed by atoms with E-state index in [1.165, 1.54) is 18.2 Å². The maximum atomic E-state index is 10.8. The van der Waals surface area contributed by atoms with E-state index in [1.54, 1.807) is 24.3 Å². The van der Waals surface area contributed by atoms with Gasteiger partial charge in [-0.3, -0.25) is 10.1 Å². The van der Waals surface area contributed by atoms with E-state index in [1.807, 2.05) is 0 Å². The van der Waals surface area contributed by atoms with Gasteiger partial charge in [-0.2, -0.15) is 0 Å². The molecule has 0 heterocycles. The van der Waals surface area contributed by atoms with E-state index in [2.05, 4.69) is 5.32 Å². The zero-order valence-corrected chi connectivity index (χ0v) is 9.91. The number of phenolic OH excluding ortho intramolecular Hbond substituents is 2. The number of nitro groups is 1. The Bertz CT molecular complexity index is 613. The van der Waals surface area contributed by atoms with Crippen molar-refractivity contribution >= 4 is 11.4 Å². The van der Waals surface area contributed by atoms with Gasteiger partial charge >= 0.3 is 0 Å². The summed E-state index contributed by atoms with van der Waals surface area (Å²) in [6, 6.07) is 10.5. The molecule has 0 fully saturated rings. The zero-order valence-electron chi connectivity index (χ0n) is 9.91. The summed E-state index contributed by atoms with van der Waals surface area (Å²) in [6.45, 7) is 0.219. The molecule has 3 N–H and O–H groups in total. The molecule has 0 atom stereocenters. The first-order valence-electron chi connectivity index (χ1n) is 5.56. The molecule has 0 aliphatic heterocycles. The lowest BCUT2D eigenvalue weighted by Crippen LogP contribution is -2.02. The van der Waals surface area contributed by atoms with Crippen LogP contribution in [-0.4, -0.2) is 15.1 Å². The van der Waals surface area contributed by atoms with E-state index in [4.69, 9.17) is 5.11 Å². The highest BCUT2D eigenvalue weighted by molar-refractivity contribution is 5.61. The fourth-order valence-corrected chi connectivity index (χ4v) is 1.67. The van der Waals surface area contributed by atoms with Crippen molar-refractivity contribution in [1.29, 1.82) is 0 Å². The van der Waals surface area contributed by atoms with Crippen molar-refractivity contribution in [2.45, 2.75) is 6.54 Å². The lowest BCUT2D eigenvalue weighted by Gasteiger charge is -2.08. The first kappa shape index (κ1) is 12.7. The van der Waals surface area contributed by atoms with E-state index in [-0.39, 0.29) is 23.7 Å². The molecular weight excluding hydrogens is 248 g/mol. The molecule has 0 bridgehead atoms. The van der Waals surface area contributed by atoms with E-state index in [9.17, 15) is 15.2 Å². The third-order valence-electron chi connectivity index (χ3n) is 2.64. The molecule has 0 aliphatic rings. The lowest BCUT2D eigenvalue weighted by atomic mass is 10.2. The van der Waals surface area contributed by atoms with Crippen molar-refractivity contribution in [2.24, 2.45) is 0 Å². The second-order valence-corrected chi connectivity index (χ2v) is 3.94. The number of hydrogen-bond donors (Lipinski definition) is 3. The minimum Gasteiger partial charge on any atom is -0.508 e. The fraction of sp³-hybridized carbons (Fsp3) is 0.0769. The molecule has 6 nitrogen and oxygen atoms in total. The van der Waals surface area contributed by atoms with Crippen LogP contribution in [0, 0.1) is 10.1 Å². The number of nitrogens with one attached hydrogen (secondary N) is 1. The molecule has 0 unspecified atom stereocenters. The van der Waals surface area contributed by atoms with Crippen LogP contribution in [0.2, 0.25) is 0 Å². The molecule has 0 aromatic heterocycles. The molecule has 0 radical (unpaired) electrons. The van der Waals surface area contributed by atoms with Crippen LogP contribution in [0.15, 0.2) is 42.5 Å². The predicted molar refractivity (Wildman–Crippen MR) is 70.2 cm³/mol. The van der Waals surface area contributed by atoms with Crippen molar-refractivity contribution < 1.29 is 15.1 Å². The van der Waals surface area contributed by atoms with Crippen molar-refractivity contribution in [3.8, 4) is 11.5 Å². The number of aromatic hydroxyl groups is 2. The van der Waals surface area contributed by atoms with Gasteiger partial charge in [-0.1, -0.05) is 12.1 Å². The number of rotatable bonds is 4. The maximum Gasteiger partial charge on any atom is 0.292 e. The Morgan fingerprint density at radius 3 is 2.58 bits per heavy atom. The third-order valence-corrected chi connectivity index (χ3v) is 2.64. The van der Waals surface area contributed by atoms with Crippen LogP contribution in [0.25, 0.3) is 0 Å². The van der Waals surface area contributed by atoms with E-state index >= 15 is 0 Å². The Balaban J connectivity index is 2.17. The average Bonchev–Trinajstić information content (AvgIpc) is 2.38. The summed E-state index contributed by atoms with van der Waals surface area (Å²) in [7, 11) is 0. The molecule has 0 aliphatic carbocycles. The van der Waals surface area contributed by atoms with Gasteiger partial charge in [-0.15, -0.1) is 0 Å². The monoisotopic (exact) mass is 260 g/mol. The molecule has 0 saturated carbocycles. The largest absolute Gasteiger partial charge is 0.508 e. The summed E-state index contributed by atoms with van der Waals surface area (Å²) in [4.78, 5) is 10.4. The van der Waals surface area contributed by atoms with E-state index in [0.29, 0.717) is 11.3 Å². The Morgan fingerprint density at radius 1 is 1.16 bits per heavy atom. The number of nitrogens with zero attached hydrogens (tertiary/aromatic N) is 1. The van der Waals surface area contributed by atoms with Crippen LogP contribution >= 0.6 is 0 Å². The molecule has 0 spiro atoms. The predicted octanol–water partition coefficient (Wildman–Crippen LogP) is 2.62. The van der Waals surface area contributed by atoms with Crippen LogP contribution in [-0.2, 0) is 6.54 Å². The smallest absolute Gasteiger partial charge is 0.292 e. The van der Waals surface area contributed by atoms with Crippen LogP contribution in [0.1, 0.15) is 5.56 Å². The average molecular weight is 260 g/mol. The fourth-order valence-electron chi connectivity index (χ4n) is 1.67. The summed E-state index contributed by atoms with van der Waals surface area (Å²) in [6.07, 6.45) is 0. The normalized spacial score (nSPS) is 10.1. The highest BCUT2D eigenvalue weighted by Gasteiger charge is 2.12. The maximum absolute atomic E-state index is 10.8. The number of anilines is 1. The topological polar surface area (TPSA) is 95.6 Å². The van der Waals surface area contributed by atoms with Gasteiger partial charge in [0.25, 0.3) is 5.69 Å². The summed E-state index contributed by atoms with van der Waals surface area (Å²) >= 11 is 0. The summed E-state index contributed by atoms with van der Waals surface area (Å²) in [5.74, 6) is -0.0991. The molecular formula is C13H12N2O4. The SMILES string of the molecule is O=[N+]([O-])c1ccccc1NCc1ccc(O)cc1O. The molecule has 19 heavy (non-hydrogen) atoms. The molecule has 98 valence electrons. The third kappa shape index (κ3) is 2.92. The standard InChI is InChI=1S/C13H12N2O4/c16-10-6-5-9(13(17)7-10)8-14-11-3-1-2-4-12(11)15(18)19/h1-7,14,16-17H,8H2. The Hall–Kier alpha value is -2.76. The highest BCUT2D eigenvalue weighted by Crippen LogP contribution is 2.26. The molecule has 2 rings (SSSR count). The summed E-state index contributed by atoms with van der Waals surface area (Å²) in [5.41, 5.74) is 0.886. The molecule has 0 amide bonds. The Labute approximate surface area is 109 Å². The molecule has 2 aromatic carbocycles. The van der Waals surface area contributed by atoms with Crippen molar-refractivity contribution in [3.05, 3.63) is 58.1 Å². The lowest BCUT2D eigenvalue weighted by molar-refractivity contribution is -0.384. The van der Waals surface area contributed by atoms with Gasteiger partial charge in [0.05, 0.1) is 4.92 Å². The van der Waals surface area contributed by atoms with Gasteiger partial charge in [0.1, 0.15) is 17.2 Å². The van der Waals surface area contributed by atoms with Crippen LogP contribution in [0.5, 0.6) is 11.5 Å². The number of phenols is 2. The van der Waals surface area contributed by atoms with Crippen molar-refractivity contribution in [3.63, 3.8) is 0 Å². The van der Waals surface area contributed by atoms with Crippen molar-refractivity contribution in [1.82, 2.24) is 0 Å². The van der Waals surface area contributed by atoms with E-state index < -0.39 is 4.92 Å². The van der Waals surface area contributed by atoms with Crippen LogP contribution in [0.3, 0.4) is 0 Å². The molecule has 6 heteroatoms. The number of benzene rings is 2. The molecule has 2 aromatic rings. The van der Waals surface area contributed by atoms with Gasteiger partial charge in [0, 0.05) is 24.2 Å². The van der Waals surface area contributed by atoms with Gasteiger partial charge in [-0.05, 0) is 18.2 Å². The van der Waals surface area contributed by atoms with Gasteiger partial charge < -0.3 is 15.5 Å². The number of para-hydroxylation sites is 2. The van der Waals surface area contributed by atoms with Crippen LogP contribution < -0.4 is 5.32 Å². The first-order chi connectivity index (χ1) is 9.08. The first-order valence-corrected chi connectivity index (χ1v) is 5.56. The van der Waals surface area contributed by atoms with Crippen LogP contribution in [0.4, 0.5) is 11.4 Å². The Kier molecular flexibility index (Phi) is 3.51. The summed E-state index contributed by atoms with van der Waals surface area (Å²) in [5, 5.41) is 32.5. The second-order valence-electron chi connectivity index (χ2n) is 3.94. The molecule has 0 saturated heterocycles. The van der Waals surface area contributed by atoms with Gasteiger partial charge in [-0.25, -0.2) is 0 Å². The van der Waals surface area contributed by atoms with Gasteiger partial charge in [0.15, 0.2) is 0 Å². The minimum atomic E-state index is -0.473. The number of hydrogen-bond acceptors (Lipinski definition) is 5. The second kappa shape index (κ2) is 5.26. The zero-order chi connectivity index (χ0) is 13.8. The Morgan fingerprint density at radius 2 is 1.89 bits per heavy atom.